The predicted molar refractivity (Wildman–Crippen MR) is 282 cm³/mol. The minimum atomic E-state index is -0.931. The lowest BCUT2D eigenvalue weighted by Crippen LogP contribution is -2.40. The number of hydrogen-bond acceptors (Lipinski definition) is 13. The number of nitrogen functional groups attached to an aromatic ring is 2. The van der Waals surface area contributed by atoms with E-state index in [4.69, 9.17) is 26.4 Å². The van der Waals surface area contributed by atoms with Gasteiger partial charge in [-0.2, -0.15) is 10.2 Å². The highest BCUT2D eigenvalue weighted by molar-refractivity contribution is 6.00. The van der Waals surface area contributed by atoms with Gasteiger partial charge in [0.2, 0.25) is 11.8 Å². The SMILES string of the molecule is C=CC(=O)N1CCCC(n2nc(-c3ccc(CNC(=O)c4ccccc4OC)c(F)c3)c3c(N)ncnc32)C1.C=CC(=O)N1CCCC(n2nc(-c3cccc(CNC(=O)c4c(F)cccc4F)c3)c3c(N)ncnc32)C1. The average Bonchev–Trinajstić information content (AvgIpc) is 4.09. The third-order valence-corrected chi connectivity index (χ3v) is 13.5. The molecule has 0 saturated carbocycles. The molecule has 2 fully saturated rings. The van der Waals surface area contributed by atoms with Crippen molar-refractivity contribution in [3.63, 3.8) is 0 Å². The molecule has 6 heterocycles. The first-order chi connectivity index (χ1) is 37.3. The standard InChI is InChI=1S/C28H28FN7O3.C27H25F2N7O2/c1-3-23(37)35-12-6-7-19(15-35)36-27-24(26(30)32-16-33-27)25(34-36)17-10-11-18(21(29)13-17)14-31-28(38)20-8-4-5-9-22(20)39-2;1-2-21(37)35-11-5-8-18(14-35)36-26-23(25(30)32-15-33-26)24(34-36)17-7-3-6-16(12-17)13-31-27(38)22-19(28)9-4-10-20(22)29/h3-5,8-11,13,16,19H,1,6-7,12,14-15H2,2H3,(H,31,38)(H2,30,32,33);2-4,6-7,9-10,12,15,18H,1,5,8,11,13-14H2,(H,31,38)(H2,30,32,33). The lowest BCUT2D eigenvalue weighted by molar-refractivity contribution is -0.128. The van der Waals surface area contributed by atoms with Crippen molar-refractivity contribution in [2.45, 2.75) is 50.9 Å². The number of amides is 4. The van der Waals surface area contributed by atoms with Gasteiger partial charge in [0.05, 0.1) is 35.5 Å². The van der Waals surface area contributed by atoms with Gasteiger partial charge in [0, 0.05) is 56.0 Å². The first kappa shape index (κ1) is 52.4. The van der Waals surface area contributed by atoms with Crippen molar-refractivity contribution in [1.29, 1.82) is 0 Å². The quantitative estimate of drug-likeness (QED) is 0.0840. The van der Waals surface area contributed by atoms with E-state index in [1.54, 1.807) is 67.7 Å². The zero-order valence-corrected chi connectivity index (χ0v) is 41.8. The molecular formula is C55H53F3N14O5. The number of carbonyl (C=O) groups is 4. The number of hydrogen-bond donors (Lipinski definition) is 4. The molecule has 2 unspecified atom stereocenters. The number of methoxy groups -OCH3 is 1. The molecule has 0 aliphatic carbocycles. The van der Waals surface area contributed by atoms with Crippen LogP contribution in [0.15, 0.2) is 123 Å². The fourth-order valence-corrected chi connectivity index (χ4v) is 9.63. The van der Waals surface area contributed by atoms with Gasteiger partial charge in [-0.1, -0.05) is 61.7 Å². The van der Waals surface area contributed by atoms with Crippen LogP contribution in [0.1, 0.15) is 69.6 Å². The number of fused-ring (bicyclic) bond motifs is 2. The maximum absolute atomic E-state index is 15.2. The maximum atomic E-state index is 15.2. The Morgan fingerprint density at radius 1 is 0.662 bits per heavy atom. The van der Waals surface area contributed by atoms with Gasteiger partial charge >= 0.3 is 0 Å². The number of rotatable bonds is 13. The van der Waals surface area contributed by atoms with Gasteiger partial charge in [-0.3, -0.25) is 19.2 Å². The number of nitrogens with two attached hydrogens (primary N) is 2. The fraction of sp³-hybridized carbons (Fsp3) is 0.236. The first-order valence-corrected chi connectivity index (χ1v) is 24.6. The summed E-state index contributed by atoms with van der Waals surface area (Å²) in [6.45, 7) is 9.39. The molecule has 0 radical (unpaired) electrons. The summed E-state index contributed by atoms with van der Waals surface area (Å²) in [6, 6.07) is 21.7. The molecule has 22 heteroatoms. The van der Waals surface area contributed by atoms with Gasteiger partial charge in [-0.05, 0) is 79.8 Å². The average molecular weight is 1050 g/mol. The van der Waals surface area contributed by atoms with E-state index in [0.717, 1.165) is 37.8 Å². The Kier molecular flexibility index (Phi) is 15.6. The second kappa shape index (κ2) is 23.0. The van der Waals surface area contributed by atoms with Gasteiger partial charge in [0.1, 0.15) is 64.4 Å². The van der Waals surface area contributed by atoms with Crippen LogP contribution >= 0.6 is 0 Å². The number of carbonyl (C=O) groups excluding carboxylic acids is 4. The highest BCUT2D eigenvalue weighted by Gasteiger charge is 2.30. The Morgan fingerprint density at radius 3 is 1.77 bits per heavy atom. The molecule has 2 aliphatic heterocycles. The number of benzene rings is 4. The van der Waals surface area contributed by atoms with Crippen molar-refractivity contribution in [3.8, 4) is 28.3 Å². The van der Waals surface area contributed by atoms with Gasteiger partial charge in [-0.15, -0.1) is 0 Å². The molecule has 4 amide bonds. The van der Waals surface area contributed by atoms with E-state index >= 15 is 4.39 Å². The van der Waals surface area contributed by atoms with Crippen LogP contribution in [-0.4, -0.2) is 106 Å². The Bertz CT molecular complexity index is 3560. The van der Waals surface area contributed by atoms with Crippen LogP contribution in [0, 0.1) is 17.5 Å². The minimum absolute atomic E-state index is 0.0152. The van der Waals surface area contributed by atoms with Crippen molar-refractivity contribution >= 4 is 57.3 Å². The number of nitrogens with one attached hydrogen (secondary N) is 2. The van der Waals surface area contributed by atoms with Crippen LogP contribution in [0.4, 0.5) is 24.8 Å². The molecule has 2 atom stereocenters. The molecule has 2 aliphatic rings. The predicted octanol–water partition coefficient (Wildman–Crippen LogP) is 7.14. The molecule has 19 nitrogen and oxygen atoms in total. The fourth-order valence-electron chi connectivity index (χ4n) is 9.63. The molecule has 4 aromatic heterocycles. The van der Waals surface area contributed by atoms with E-state index in [1.165, 1.54) is 44.0 Å². The van der Waals surface area contributed by atoms with Crippen LogP contribution in [-0.2, 0) is 22.7 Å². The van der Waals surface area contributed by atoms with Crippen LogP contribution in [0.3, 0.4) is 0 Å². The smallest absolute Gasteiger partial charge is 0.257 e. The molecule has 8 aromatic rings. The lowest BCUT2D eigenvalue weighted by Gasteiger charge is -2.32. The van der Waals surface area contributed by atoms with Crippen molar-refractivity contribution in [3.05, 3.63) is 163 Å². The topological polar surface area (TPSA) is 247 Å². The third kappa shape index (κ3) is 11.0. The van der Waals surface area contributed by atoms with Crippen LogP contribution in [0.5, 0.6) is 5.75 Å². The van der Waals surface area contributed by atoms with Crippen molar-refractivity contribution < 1.29 is 37.1 Å². The Labute approximate surface area is 439 Å². The monoisotopic (exact) mass is 1050 g/mol. The Morgan fingerprint density at radius 2 is 1.21 bits per heavy atom. The number of para-hydroxylation sites is 1. The number of aromatic nitrogens is 8. The zero-order valence-electron chi connectivity index (χ0n) is 41.8. The largest absolute Gasteiger partial charge is 0.496 e. The number of anilines is 2. The summed E-state index contributed by atoms with van der Waals surface area (Å²) in [4.78, 5) is 70.1. The number of likely N-dealkylation sites (tertiary alicyclic amines) is 2. The highest BCUT2D eigenvalue weighted by atomic mass is 19.1. The molecule has 6 N–H and O–H groups in total. The molecule has 4 aromatic carbocycles. The summed E-state index contributed by atoms with van der Waals surface area (Å²) in [6.07, 6.45) is 8.55. The summed E-state index contributed by atoms with van der Waals surface area (Å²) < 4.78 is 52.0. The highest BCUT2D eigenvalue weighted by Crippen LogP contribution is 2.36. The summed E-state index contributed by atoms with van der Waals surface area (Å²) >= 11 is 0. The molecule has 0 spiro atoms. The van der Waals surface area contributed by atoms with Gasteiger partial charge in [0.15, 0.2) is 11.3 Å². The number of piperidine rings is 2. The van der Waals surface area contributed by atoms with E-state index < -0.39 is 28.9 Å². The van der Waals surface area contributed by atoms with Gasteiger partial charge in [-0.25, -0.2) is 42.5 Å². The summed E-state index contributed by atoms with van der Waals surface area (Å²) in [5.74, 6) is -2.94. The maximum Gasteiger partial charge on any atom is 0.257 e. The van der Waals surface area contributed by atoms with Crippen LogP contribution in [0.25, 0.3) is 44.6 Å². The van der Waals surface area contributed by atoms with Crippen LogP contribution in [0.2, 0.25) is 0 Å². The Balaban J connectivity index is 0.000000188. The third-order valence-electron chi connectivity index (χ3n) is 13.5. The van der Waals surface area contributed by atoms with Gasteiger partial charge in [0.25, 0.3) is 11.8 Å². The summed E-state index contributed by atoms with van der Waals surface area (Å²) in [7, 11) is 1.48. The number of ether oxygens (including phenoxy) is 1. The Hall–Kier alpha value is -9.47. The molecule has 2 saturated heterocycles. The van der Waals surface area contributed by atoms with Gasteiger partial charge < -0.3 is 36.6 Å². The van der Waals surface area contributed by atoms with E-state index in [9.17, 15) is 28.0 Å². The molecule has 10 rings (SSSR count). The number of nitrogens with zero attached hydrogens (tertiary/aromatic N) is 10. The zero-order chi connectivity index (χ0) is 54.3. The lowest BCUT2D eigenvalue weighted by atomic mass is 10.1. The van der Waals surface area contributed by atoms with E-state index in [1.807, 2.05) is 12.1 Å². The second-order valence-electron chi connectivity index (χ2n) is 18.2. The normalized spacial score (nSPS) is 15.3. The van der Waals surface area contributed by atoms with E-state index in [-0.39, 0.29) is 54.5 Å². The molecule has 0 bridgehead atoms. The first-order valence-electron chi connectivity index (χ1n) is 24.6. The van der Waals surface area contributed by atoms with Crippen molar-refractivity contribution in [1.82, 2.24) is 59.9 Å². The summed E-state index contributed by atoms with van der Waals surface area (Å²) in [5.41, 5.74) is 16.5. The van der Waals surface area contributed by atoms with E-state index in [2.05, 4.69) is 43.7 Å². The summed E-state index contributed by atoms with van der Waals surface area (Å²) in [5, 5.41) is 16.0. The molecular weight excluding hydrogens is 994 g/mol. The van der Waals surface area contributed by atoms with Crippen molar-refractivity contribution in [2.24, 2.45) is 0 Å². The van der Waals surface area contributed by atoms with Crippen LogP contribution < -0.4 is 26.8 Å². The number of halogens is 3. The molecule has 77 heavy (non-hydrogen) atoms. The minimum Gasteiger partial charge on any atom is -0.496 e. The molecule has 394 valence electrons. The van der Waals surface area contributed by atoms with Crippen molar-refractivity contribution in [2.75, 3.05) is 44.8 Å². The second-order valence-corrected chi connectivity index (χ2v) is 18.2. The van der Waals surface area contributed by atoms with E-state index in [0.29, 0.717) is 93.2 Å².